The Morgan fingerprint density at radius 2 is 2.00 bits per heavy atom. The van der Waals surface area contributed by atoms with Gasteiger partial charge in [0.15, 0.2) is 11.2 Å². The van der Waals surface area contributed by atoms with Crippen LogP contribution in [0.1, 0.15) is 12.5 Å². The van der Waals surface area contributed by atoms with E-state index in [1.165, 1.54) is 23.2 Å². The number of fused-ring (bicyclic) bond motifs is 1. The third-order valence-corrected chi connectivity index (χ3v) is 4.80. The van der Waals surface area contributed by atoms with E-state index in [-0.39, 0.29) is 30.3 Å². The van der Waals surface area contributed by atoms with Crippen molar-refractivity contribution in [3.63, 3.8) is 0 Å². The molecule has 0 aliphatic carbocycles. The van der Waals surface area contributed by atoms with Crippen LogP contribution in [0.5, 0.6) is 0 Å². The van der Waals surface area contributed by atoms with E-state index in [4.69, 9.17) is 4.74 Å². The summed E-state index contributed by atoms with van der Waals surface area (Å²) in [6.07, 6.45) is 0.665. The zero-order chi connectivity index (χ0) is 22.5. The summed E-state index contributed by atoms with van der Waals surface area (Å²) in [6, 6.07) is 9.56. The SMILES string of the molecule is C=CCOC[C@H](O)Cn1c(N/N=C(/C)c2ccccc2)nc2c1c(=O)n(C)c(=O)n2C. The van der Waals surface area contributed by atoms with Crippen molar-refractivity contribution in [3.8, 4) is 0 Å². The third kappa shape index (κ3) is 4.65. The monoisotopic (exact) mass is 426 g/mol. The number of hydrogen-bond donors (Lipinski definition) is 2. The molecule has 2 heterocycles. The summed E-state index contributed by atoms with van der Waals surface area (Å²) in [5, 5.41) is 14.8. The lowest BCUT2D eigenvalue weighted by Crippen LogP contribution is -2.38. The maximum Gasteiger partial charge on any atom is 0.332 e. The van der Waals surface area contributed by atoms with Crippen LogP contribution in [-0.2, 0) is 25.4 Å². The van der Waals surface area contributed by atoms with Gasteiger partial charge in [0.2, 0.25) is 5.95 Å². The molecule has 10 nitrogen and oxygen atoms in total. The molecule has 2 aromatic heterocycles. The first-order valence-electron chi connectivity index (χ1n) is 9.73. The second-order valence-corrected chi connectivity index (χ2v) is 7.08. The molecule has 0 saturated carbocycles. The average molecular weight is 426 g/mol. The number of rotatable bonds is 9. The smallest absolute Gasteiger partial charge is 0.332 e. The number of nitrogens with zero attached hydrogens (tertiary/aromatic N) is 5. The van der Waals surface area contributed by atoms with Crippen molar-refractivity contribution in [1.82, 2.24) is 18.7 Å². The van der Waals surface area contributed by atoms with Gasteiger partial charge < -0.3 is 14.4 Å². The van der Waals surface area contributed by atoms with Gasteiger partial charge in [0.1, 0.15) is 0 Å². The molecule has 2 N–H and O–H groups in total. The van der Waals surface area contributed by atoms with Gasteiger partial charge >= 0.3 is 5.69 Å². The molecule has 3 aromatic rings. The van der Waals surface area contributed by atoms with Gasteiger partial charge in [-0.2, -0.15) is 10.1 Å². The van der Waals surface area contributed by atoms with E-state index in [9.17, 15) is 14.7 Å². The molecule has 0 bridgehead atoms. The molecule has 10 heteroatoms. The standard InChI is InChI=1S/C21H26N6O4/c1-5-11-31-13-16(28)12-27-17-18(25(3)21(30)26(4)19(17)29)22-20(27)24-23-14(2)15-9-7-6-8-10-15/h5-10,16,28H,1,11-13H2,2-4H3,(H,22,24)/b23-14-/t16-/m1/s1. The van der Waals surface area contributed by atoms with Crippen LogP contribution in [0, 0.1) is 0 Å². The summed E-state index contributed by atoms with van der Waals surface area (Å²) in [4.78, 5) is 29.6. The van der Waals surface area contributed by atoms with Gasteiger partial charge in [-0.1, -0.05) is 36.4 Å². The molecule has 31 heavy (non-hydrogen) atoms. The van der Waals surface area contributed by atoms with E-state index in [2.05, 4.69) is 22.1 Å². The molecular weight excluding hydrogens is 400 g/mol. The van der Waals surface area contributed by atoms with Crippen LogP contribution in [0.4, 0.5) is 5.95 Å². The Hall–Kier alpha value is -3.50. The van der Waals surface area contributed by atoms with E-state index >= 15 is 0 Å². The predicted molar refractivity (Wildman–Crippen MR) is 120 cm³/mol. The summed E-state index contributed by atoms with van der Waals surface area (Å²) in [5.74, 6) is 0.228. The van der Waals surface area contributed by atoms with E-state index in [1.54, 1.807) is 6.08 Å². The summed E-state index contributed by atoms with van der Waals surface area (Å²) < 4.78 is 9.11. The van der Waals surface area contributed by atoms with Crippen LogP contribution < -0.4 is 16.7 Å². The number of benzene rings is 1. The van der Waals surface area contributed by atoms with Crippen molar-refractivity contribution in [2.75, 3.05) is 18.6 Å². The molecule has 0 spiro atoms. The fourth-order valence-corrected chi connectivity index (χ4v) is 3.14. The first-order chi connectivity index (χ1) is 14.8. The normalized spacial score (nSPS) is 12.8. The number of nitrogens with one attached hydrogen (secondary N) is 1. The molecule has 164 valence electrons. The Labute approximate surface area is 178 Å². The minimum Gasteiger partial charge on any atom is -0.389 e. The van der Waals surface area contributed by atoms with E-state index in [0.29, 0.717) is 12.3 Å². The number of aliphatic hydroxyl groups excluding tert-OH is 1. The number of ether oxygens (including phenoxy) is 1. The van der Waals surface area contributed by atoms with Crippen molar-refractivity contribution in [3.05, 3.63) is 69.4 Å². The van der Waals surface area contributed by atoms with Crippen LogP contribution in [0.25, 0.3) is 11.2 Å². The Kier molecular flexibility index (Phi) is 6.83. The highest BCUT2D eigenvalue weighted by Gasteiger charge is 2.21. The Bertz CT molecular complexity index is 1220. The fourth-order valence-electron chi connectivity index (χ4n) is 3.14. The van der Waals surface area contributed by atoms with Crippen LogP contribution in [0.3, 0.4) is 0 Å². The molecule has 0 radical (unpaired) electrons. The van der Waals surface area contributed by atoms with Gasteiger partial charge in [0, 0.05) is 14.1 Å². The van der Waals surface area contributed by atoms with Crippen LogP contribution in [0.15, 0.2) is 57.7 Å². The lowest BCUT2D eigenvalue weighted by Gasteiger charge is -2.14. The first-order valence-corrected chi connectivity index (χ1v) is 9.73. The summed E-state index contributed by atoms with van der Waals surface area (Å²) in [7, 11) is 2.93. The van der Waals surface area contributed by atoms with E-state index in [1.807, 2.05) is 37.3 Å². The lowest BCUT2D eigenvalue weighted by molar-refractivity contribution is 0.0405. The predicted octanol–water partition coefficient (Wildman–Crippen LogP) is 0.833. The fraction of sp³-hybridized carbons (Fsp3) is 0.333. The molecule has 0 amide bonds. The number of hydrogen-bond acceptors (Lipinski definition) is 7. The molecule has 0 saturated heterocycles. The van der Waals surface area contributed by atoms with Gasteiger partial charge in [0.25, 0.3) is 5.56 Å². The number of aliphatic hydroxyl groups is 1. The molecule has 1 atom stereocenters. The summed E-state index contributed by atoms with van der Waals surface area (Å²) in [5.41, 5.74) is 3.87. The highest BCUT2D eigenvalue weighted by atomic mass is 16.5. The van der Waals surface area contributed by atoms with E-state index < -0.39 is 17.4 Å². The highest BCUT2D eigenvalue weighted by Crippen LogP contribution is 2.17. The van der Waals surface area contributed by atoms with Gasteiger partial charge in [-0.25, -0.2) is 10.2 Å². The quantitative estimate of drug-likeness (QED) is 0.227. The average Bonchev–Trinajstić information content (AvgIpc) is 3.13. The first kappa shape index (κ1) is 22.2. The van der Waals surface area contributed by atoms with Crippen molar-refractivity contribution in [2.45, 2.75) is 19.6 Å². The van der Waals surface area contributed by atoms with Gasteiger partial charge in [-0.15, -0.1) is 6.58 Å². The zero-order valence-corrected chi connectivity index (χ0v) is 17.8. The van der Waals surface area contributed by atoms with Gasteiger partial charge in [-0.3, -0.25) is 13.9 Å². The van der Waals surface area contributed by atoms with Crippen LogP contribution >= 0.6 is 0 Å². The second kappa shape index (κ2) is 9.54. The summed E-state index contributed by atoms with van der Waals surface area (Å²) in [6.45, 7) is 5.76. The number of aryl methyl sites for hydroxylation is 1. The van der Waals surface area contributed by atoms with Crippen molar-refractivity contribution in [1.29, 1.82) is 0 Å². The van der Waals surface area contributed by atoms with E-state index in [0.717, 1.165) is 10.1 Å². The Morgan fingerprint density at radius 1 is 1.29 bits per heavy atom. The molecule has 3 rings (SSSR count). The van der Waals surface area contributed by atoms with Gasteiger partial charge in [-0.05, 0) is 12.5 Å². The third-order valence-electron chi connectivity index (χ3n) is 4.80. The Morgan fingerprint density at radius 3 is 2.68 bits per heavy atom. The van der Waals surface area contributed by atoms with Crippen LogP contribution in [-0.4, -0.2) is 48.8 Å². The topological polar surface area (TPSA) is 116 Å². The number of aromatic nitrogens is 4. The highest BCUT2D eigenvalue weighted by molar-refractivity contribution is 5.99. The van der Waals surface area contributed by atoms with Crippen molar-refractivity contribution in [2.24, 2.45) is 19.2 Å². The molecule has 0 aliphatic heterocycles. The minimum atomic E-state index is -0.918. The zero-order valence-electron chi connectivity index (χ0n) is 17.8. The molecule has 0 unspecified atom stereocenters. The number of anilines is 1. The number of hydrazone groups is 1. The summed E-state index contributed by atoms with van der Waals surface area (Å²) >= 11 is 0. The maximum absolute atomic E-state index is 12.8. The molecule has 0 aliphatic rings. The minimum absolute atomic E-state index is 0.0172. The molecule has 1 aromatic carbocycles. The van der Waals surface area contributed by atoms with Crippen molar-refractivity contribution < 1.29 is 9.84 Å². The lowest BCUT2D eigenvalue weighted by atomic mass is 10.1. The molecular formula is C21H26N6O4. The van der Waals surface area contributed by atoms with Crippen molar-refractivity contribution >= 4 is 22.8 Å². The van der Waals surface area contributed by atoms with Gasteiger partial charge in [0.05, 0.1) is 31.6 Å². The number of imidazole rings is 1. The molecule has 0 fully saturated rings. The maximum atomic E-state index is 12.8. The second-order valence-electron chi connectivity index (χ2n) is 7.08. The van der Waals surface area contributed by atoms with Crippen LogP contribution in [0.2, 0.25) is 0 Å². The Balaban J connectivity index is 2.05. The largest absolute Gasteiger partial charge is 0.389 e.